The first-order chi connectivity index (χ1) is 13.8. The third kappa shape index (κ3) is 4.67. The van der Waals surface area contributed by atoms with Crippen LogP contribution in [0, 0.1) is 5.92 Å². The molecule has 0 unspecified atom stereocenters. The highest BCUT2D eigenvalue weighted by Crippen LogP contribution is 2.34. The van der Waals surface area contributed by atoms with Crippen LogP contribution in [0.3, 0.4) is 0 Å². The molecular weight excluding hydrogens is 385 g/mol. The van der Waals surface area contributed by atoms with Crippen LogP contribution in [0.25, 0.3) is 0 Å². The van der Waals surface area contributed by atoms with E-state index in [-0.39, 0.29) is 29.6 Å². The van der Waals surface area contributed by atoms with Crippen LogP contribution in [-0.2, 0) is 15.8 Å². The van der Waals surface area contributed by atoms with Crippen LogP contribution in [0.1, 0.15) is 44.1 Å². The number of hydrogen-bond donors (Lipinski definition) is 0. The smallest absolute Gasteiger partial charge is 0.416 e. The van der Waals surface area contributed by atoms with Gasteiger partial charge in [0.05, 0.1) is 11.5 Å². The number of carbonyl (C=O) groups is 2. The predicted octanol–water partition coefficient (Wildman–Crippen LogP) is 3.48. The molecule has 0 N–H and O–H groups in total. The van der Waals surface area contributed by atoms with Gasteiger partial charge in [0.2, 0.25) is 11.8 Å². The molecule has 3 aliphatic rings. The van der Waals surface area contributed by atoms with E-state index in [0.29, 0.717) is 51.4 Å². The highest BCUT2D eigenvalue weighted by molar-refractivity contribution is 5.84. The Morgan fingerprint density at radius 3 is 2.45 bits per heavy atom. The van der Waals surface area contributed by atoms with Gasteiger partial charge in [-0.1, -0.05) is 6.07 Å². The lowest BCUT2D eigenvalue weighted by molar-refractivity contribution is -0.144. The lowest BCUT2D eigenvalue weighted by Gasteiger charge is -2.37. The topological polar surface area (TPSA) is 49.9 Å². The van der Waals surface area contributed by atoms with Gasteiger partial charge in [-0.05, 0) is 37.5 Å². The number of nitrogens with zero attached hydrogens (tertiary/aromatic N) is 2. The van der Waals surface area contributed by atoms with Gasteiger partial charge in [-0.3, -0.25) is 9.59 Å². The maximum Gasteiger partial charge on any atom is 0.416 e. The van der Waals surface area contributed by atoms with Crippen molar-refractivity contribution in [2.45, 2.75) is 56.8 Å². The van der Waals surface area contributed by atoms with Gasteiger partial charge in [-0.15, -0.1) is 0 Å². The summed E-state index contributed by atoms with van der Waals surface area (Å²) < 4.78 is 44.3. The number of likely N-dealkylation sites (tertiary alicyclic amines) is 2. The summed E-state index contributed by atoms with van der Waals surface area (Å²) in [6.45, 7) is 1.57. The summed E-state index contributed by atoms with van der Waals surface area (Å²) in [7, 11) is 0. The van der Waals surface area contributed by atoms with Gasteiger partial charge in [0, 0.05) is 44.9 Å². The van der Waals surface area contributed by atoms with Crippen molar-refractivity contribution in [1.29, 1.82) is 0 Å². The van der Waals surface area contributed by atoms with Crippen LogP contribution < -0.4 is 4.74 Å². The Hall–Kier alpha value is -2.25. The highest BCUT2D eigenvalue weighted by atomic mass is 19.4. The van der Waals surface area contributed by atoms with E-state index < -0.39 is 11.7 Å². The second-order valence-electron chi connectivity index (χ2n) is 8.18. The molecule has 8 heteroatoms. The average molecular weight is 410 g/mol. The minimum Gasteiger partial charge on any atom is -0.490 e. The lowest BCUT2D eigenvalue weighted by Crippen LogP contribution is -2.50. The van der Waals surface area contributed by atoms with E-state index in [1.54, 1.807) is 0 Å². The summed E-state index contributed by atoms with van der Waals surface area (Å²) in [6.07, 6.45) is -0.344. The van der Waals surface area contributed by atoms with E-state index in [1.807, 2.05) is 9.80 Å². The first kappa shape index (κ1) is 20.0. The standard InChI is InChI=1S/C21H25F3N2O3/c22-21(23,24)15-2-1-3-18(12-15)29-17-8-10-25(11-9-17)20(28)14-4-7-19(27)26(13-14)16-5-6-16/h1-3,12,14,16-17H,4-11,13H2/t14-/m0/s1. The number of amides is 2. The Morgan fingerprint density at radius 2 is 1.79 bits per heavy atom. The molecule has 1 aromatic rings. The van der Waals surface area contributed by atoms with Gasteiger partial charge in [0.15, 0.2) is 0 Å². The third-order valence-corrected chi connectivity index (χ3v) is 6.00. The average Bonchev–Trinajstić information content (AvgIpc) is 3.53. The minimum atomic E-state index is -4.40. The van der Waals surface area contributed by atoms with E-state index in [4.69, 9.17) is 4.74 Å². The number of benzene rings is 1. The Bertz CT molecular complexity index is 771. The number of rotatable bonds is 4. The number of ether oxygens (including phenoxy) is 1. The van der Waals surface area contributed by atoms with Crippen molar-refractivity contribution in [3.05, 3.63) is 29.8 Å². The van der Waals surface area contributed by atoms with Gasteiger partial charge in [0.1, 0.15) is 11.9 Å². The van der Waals surface area contributed by atoms with Crippen LogP contribution in [0.4, 0.5) is 13.2 Å². The van der Waals surface area contributed by atoms with Gasteiger partial charge in [-0.2, -0.15) is 13.2 Å². The van der Waals surface area contributed by atoms with E-state index in [0.717, 1.165) is 25.0 Å². The summed E-state index contributed by atoms with van der Waals surface area (Å²) in [5.74, 6) is 0.301. The Labute approximate surface area is 167 Å². The molecule has 2 aliphatic heterocycles. The minimum absolute atomic E-state index is 0.0840. The first-order valence-corrected chi connectivity index (χ1v) is 10.2. The molecule has 0 aromatic heterocycles. The van der Waals surface area contributed by atoms with Crippen LogP contribution >= 0.6 is 0 Å². The maximum atomic E-state index is 12.9. The molecule has 1 atom stereocenters. The fourth-order valence-corrected chi connectivity index (χ4v) is 4.20. The summed E-state index contributed by atoms with van der Waals surface area (Å²) >= 11 is 0. The van der Waals surface area contributed by atoms with Crippen LogP contribution in [-0.4, -0.2) is 53.4 Å². The molecule has 1 aromatic carbocycles. The van der Waals surface area contributed by atoms with Crippen molar-refractivity contribution in [2.75, 3.05) is 19.6 Å². The second kappa shape index (κ2) is 7.88. The molecule has 0 bridgehead atoms. The fourth-order valence-electron chi connectivity index (χ4n) is 4.20. The summed E-state index contributed by atoms with van der Waals surface area (Å²) in [5, 5.41) is 0. The monoisotopic (exact) mass is 410 g/mol. The summed E-state index contributed by atoms with van der Waals surface area (Å²) in [6, 6.07) is 5.23. The van der Waals surface area contributed by atoms with Gasteiger partial charge < -0.3 is 14.5 Å². The molecule has 2 heterocycles. The molecule has 2 amide bonds. The van der Waals surface area contributed by atoms with Crippen molar-refractivity contribution < 1.29 is 27.5 Å². The number of carbonyl (C=O) groups excluding carboxylic acids is 2. The first-order valence-electron chi connectivity index (χ1n) is 10.2. The molecule has 1 saturated carbocycles. The molecule has 0 radical (unpaired) electrons. The zero-order valence-electron chi connectivity index (χ0n) is 16.2. The molecule has 3 fully saturated rings. The van der Waals surface area contributed by atoms with Crippen molar-refractivity contribution in [1.82, 2.24) is 9.80 Å². The van der Waals surface area contributed by atoms with Crippen molar-refractivity contribution >= 4 is 11.8 Å². The van der Waals surface area contributed by atoms with E-state index >= 15 is 0 Å². The lowest BCUT2D eigenvalue weighted by atomic mass is 9.94. The molecule has 2 saturated heterocycles. The molecule has 0 spiro atoms. The largest absolute Gasteiger partial charge is 0.490 e. The molecule has 158 valence electrons. The number of hydrogen-bond acceptors (Lipinski definition) is 3. The SMILES string of the molecule is O=C([C@H]1CCC(=O)N(C2CC2)C1)N1CCC(Oc2cccc(C(F)(F)F)c2)CC1. The Morgan fingerprint density at radius 1 is 1.07 bits per heavy atom. The van der Waals surface area contributed by atoms with Crippen LogP contribution in [0.5, 0.6) is 5.75 Å². The zero-order chi connectivity index (χ0) is 20.6. The Balaban J connectivity index is 1.29. The molecule has 4 rings (SSSR count). The van der Waals surface area contributed by atoms with E-state index in [2.05, 4.69) is 0 Å². The van der Waals surface area contributed by atoms with Crippen molar-refractivity contribution in [3.8, 4) is 5.75 Å². The third-order valence-electron chi connectivity index (χ3n) is 6.00. The van der Waals surface area contributed by atoms with E-state index in [1.165, 1.54) is 12.1 Å². The van der Waals surface area contributed by atoms with E-state index in [9.17, 15) is 22.8 Å². The number of piperidine rings is 2. The molecular formula is C21H25F3N2O3. The molecule has 5 nitrogen and oxygen atoms in total. The van der Waals surface area contributed by atoms with Gasteiger partial charge in [0.25, 0.3) is 0 Å². The summed E-state index contributed by atoms with van der Waals surface area (Å²) in [5.41, 5.74) is -0.727. The molecule has 1 aliphatic carbocycles. The quantitative estimate of drug-likeness (QED) is 0.764. The zero-order valence-corrected chi connectivity index (χ0v) is 16.2. The van der Waals surface area contributed by atoms with Gasteiger partial charge >= 0.3 is 6.18 Å². The maximum absolute atomic E-state index is 12.9. The predicted molar refractivity (Wildman–Crippen MR) is 99.1 cm³/mol. The van der Waals surface area contributed by atoms with Crippen molar-refractivity contribution in [3.63, 3.8) is 0 Å². The number of alkyl halides is 3. The second-order valence-corrected chi connectivity index (χ2v) is 8.18. The number of halogens is 3. The van der Waals surface area contributed by atoms with Crippen molar-refractivity contribution in [2.24, 2.45) is 5.92 Å². The molecule has 29 heavy (non-hydrogen) atoms. The van der Waals surface area contributed by atoms with Crippen LogP contribution in [0.2, 0.25) is 0 Å². The Kier molecular flexibility index (Phi) is 5.44. The fraction of sp³-hybridized carbons (Fsp3) is 0.619. The normalized spacial score (nSPS) is 24.0. The van der Waals surface area contributed by atoms with Gasteiger partial charge in [-0.25, -0.2) is 0 Å². The van der Waals surface area contributed by atoms with Crippen LogP contribution in [0.15, 0.2) is 24.3 Å². The summed E-state index contributed by atoms with van der Waals surface area (Å²) in [4.78, 5) is 28.6. The highest BCUT2D eigenvalue weighted by Gasteiger charge is 2.40.